The zero-order valence-corrected chi connectivity index (χ0v) is 16.0. The van der Waals surface area contributed by atoms with Gasteiger partial charge >= 0.3 is 0 Å². The van der Waals surface area contributed by atoms with Gasteiger partial charge in [0.15, 0.2) is 17.4 Å². The van der Waals surface area contributed by atoms with Crippen molar-refractivity contribution in [2.75, 3.05) is 25.4 Å². The molecule has 2 aliphatic rings. The molecule has 0 atom stereocenters. The van der Waals surface area contributed by atoms with Crippen LogP contribution in [0.25, 0.3) is 16.9 Å². The molecule has 0 bridgehead atoms. The van der Waals surface area contributed by atoms with Crippen molar-refractivity contribution in [3.05, 3.63) is 36.4 Å². The van der Waals surface area contributed by atoms with Gasteiger partial charge in [-0.25, -0.2) is 9.67 Å². The van der Waals surface area contributed by atoms with Crippen LogP contribution in [0.4, 0.5) is 11.5 Å². The smallest absolute Gasteiger partial charge is 0.180 e. The molecule has 1 fully saturated rings. The van der Waals surface area contributed by atoms with E-state index in [-0.39, 0.29) is 5.78 Å². The first-order valence-electron chi connectivity index (χ1n) is 9.84. The number of ketones is 1. The van der Waals surface area contributed by atoms with Crippen molar-refractivity contribution in [3.8, 4) is 16.9 Å². The Hall–Kier alpha value is -3.33. The van der Waals surface area contributed by atoms with E-state index in [4.69, 9.17) is 5.73 Å². The van der Waals surface area contributed by atoms with Crippen molar-refractivity contribution in [1.82, 2.24) is 29.4 Å². The topological polar surface area (TPSA) is 107 Å². The highest BCUT2D eigenvalue weighted by molar-refractivity contribution is 6.10. The molecule has 0 radical (unpaired) electrons. The van der Waals surface area contributed by atoms with Crippen molar-refractivity contribution in [1.29, 1.82) is 0 Å². The molecule has 2 aliphatic heterocycles. The lowest BCUT2D eigenvalue weighted by Crippen LogP contribution is -2.24. The van der Waals surface area contributed by atoms with Crippen LogP contribution < -0.4 is 5.73 Å². The second kappa shape index (κ2) is 7.25. The summed E-state index contributed by atoms with van der Waals surface area (Å²) in [6, 6.07) is 1.69. The Balaban J connectivity index is 1.41. The number of hydrogen-bond acceptors (Lipinski definition) is 7. The lowest BCUT2D eigenvalue weighted by Gasteiger charge is -2.13. The third-order valence-corrected chi connectivity index (χ3v) is 5.45. The quantitative estimate of drug-likeness (QED) is 0.715. The average molecular weight is 390 g/mol. The number of nitrogen functional groups attached to an aromatic ring is 1. The number of Topliss-reactive ketones (excluding diaryl/α,β-unsaturated/α-hetero) is 1. The number of carbonyl (C=O) groups is 1. The molecular formula is C20H22N8O. The number of pyridine rings is 1. The summed E-state index contributed by atoms with van der Waals surface area (Å²) in [5.74, 6) is 0.902. The zero-order valence-electron chi connectivity index (χ0n) is 16.0. The molecule has 0 unspecified atom stereocenters. The van der Waals surface area contributed by atoms with Gasteiger partial charge in [0.2, 0.25) is 0 Å². The van der Waals surface area contributed by atoms with Gasteiger partial charge in [0.25, 0.3) is 0 Å². The van der Waals surface area contributed by atoms with E-state index >= 15 is 0 Å². The number of rotatable bonds is 5. The maximum absolute atomic E-state index is 12.1. The molecule has 0 aliphatic carbocycles. The van der Waals surface area contributed by atoms with E-state index in [1.165, 1.54) is 25.9 Å². The van der Waals surface area contributed by atoms with E-state index in [2.05, 4.69) is 25.1 Å². The minimum Gasteiger partial charge on any atom is -0.382 e. The number of nitrogens with two attached hydrogens (primary N) is 1. The molecule has 9 heteroatoms. The molecule has 5 heterocycles. The van der Waals surface area contributed by atoms with Gasteiger partial charge in [-0.3, -0.25) is 14.5 Å². The standard InChI is InChI=1S/C20H22N8O/c21-19-16(14-11-24-27(12-14)10-9-26-7-1-2-8-26)13-28(25-19)20-18-15(3-5-23-20)17(29)4-6-22-18/h3,5-6,11-13H,1-2,4,7-10H2,(H2,21,25). The Morgan fingerprint density at radius 1 is 1.10 bits per heavy atom. The maximum atomic E-state index is 12.1. The average Bonchev–Trinajstić information content (AvgIpc) is 3.47. The zero-order chi connectivity index (χ0) is 19.8. The van der Waals surface area contributed by atoms with Gasteiger partial charge in [-0.05, 0) is 32.0 Å². The summed E-state index contributed by atoms with van der Waals surface area (Å²) in [6.45, 7) is 4.20. The van der Waals surface area contributed by atoms with Crippen LogP contribution in [-0.4, -0.2) is 61.1 Å². The Kier molecular flexibility index (Phi) is 4.44. The van der Waals surface area contributed by atoms with Crippen LogP contribution in [0.5, 0.6) is 0 Å². The van der Waals surface area contributed by atoms with Gasteiger partial charge in [-0.15, -0.1) is 5.10 Å². The van der Waals surface area contributed by atoms with Gasteiger partial charge in [0.05, 0.1) is 12.7 Å². The molecule has 0 amide bonds. The predicted molar refractivity (Wildman–Crippen MR) is 110 cm³/mol. The second-order valence-electron chi connectivity index (χ2n) is 7.38. The molecule has 5 rings (SSSR count). The van der Waals surface area contributed by atoms with Crippen molar-refractivity contribution in [2.24, 2.45) is 4.99 Å². The minimum atomic E-state index is 0.0262. The number of aromatic nitrogens is 5. The van der Waals surface area contributed by atoms with Gasteiger partial charge in [-0.2, -0.15) is 5.10 Å². The maximum Gasteiger partial charge on any atom is 0.180 e. The van der Waals surface area contributed by atoms with Crippen LogP contribution in [-0.2, 0) is 6.54 Å². The van der Waals surface area contributed by atoms with E-state index in [1.807, 2.05) is 17.1 Å². The normalized spacial score (nSPS) is 16.5. The minimum absolute atomic E-state index is 0.0262. The molecule has 0 spiro atoms. The molecule has 29 heavy (non-hydrogen) atoms. The summed E-state index contributed by atoms with van der Waals surface area (Å²) in [4.78, 5) is 23.3. The number of likely N-dealkylation sites (tertiary alicyclic amines) is 1. The van der Waals surface area contributed by atoms with Crippen molar-refractivity contribution < 1.29 is 4.79 Å². The number of fused-ring (bicyclic) bond motifs is 1. The molecule has 148 valence electrons. The van der Waals surface area contributed by atoms with Gasteiger partial charge in [-0.1, -0.05) is 0 Å². The Morgan fingerprint density at radius 2 is 1.97 bits per heavy atom. The van der Waals surface area contributed by atoms with Crippen molar-refractivity contribution >= 4 is 23.5 Å². The SMILES string of the molecule is Nc1nn(-c2nccc3c2N=CCC3=O)cc1-c1cnn(CCN2CCCC2)c1. The summed E-state index contributed by atoms with van der Waals surface area (Å²) >= 11 is 0. The van der Waals surface area contributed by atoms with E-state index in [0.717, 1.165) is 24.2 Å². The third-order valence-electron chi connectivity index (χ3n) is 5.45. The predicted octanol–water partition coefficient (Wildman–Crippen LogP) is 2.10. The Morgan fingerprint density at radius 3 is 2.83 bits per heavy atom. The monoisotopic (exact) mass is 390 g/mol. The molecule has 0 aromatic carbocycles. The molecule has 3 aromatic heterocycles. The van der Waals surface area contributed by atoms with Crippen LogP contribution in [0.3, 0.4) is 0 Å². The fraction of sp³-hybridized carbons (Fsp3) is 0.350. The first-order valence-corrected chi connectivity index (χ1v) is 9.84. The highest BCUT2D eigenvalue weighted by Crippen LogP contribution is 2.32. The summed E-state index contributed by atoms with van der Waals surface area (Å²) < 4.78 is 3.52. The Bertz CT molecular complexity index is 1090. The van der Waals surface area contributed by atoms with Crippen LogP contribution in [0, 0.1) is 0 Å². The van der Waals surface area contributed by atoms with Crippen LogP contribution in [0.2, 0.25) is 0 Å². The largest absolute Gasteiger partial charge is 0.382 e. The molecule has 3 aromatic rings. The molecule has 1 saturated heterocycles. The highest BCUT2D eigenvalue weighted by atomic mass is 16.1. The van der Waals surface area contributed by atoms with Gasteiger partial charge < -0.3 is 10.6 Å². The summed E-state index contributed by atoms with van der Waals surface area (Å²) in [5, 5.41) is 8.88. The van der Waals surface area contributed by atoms with Crippen LogP contribution in [0.1, 0.15) is 29.6 Å². The number of aliphatic imine (C=N–C) groups is 1. The number of hydrogen-bond donors (Lipinski definition) is 1. The van der Waals surface area contributed by atoms with E-state index in [0.29, 0.717) is 29.3 Å². The summed E-state index contributed by atoms with van der Waals surface area (Å²) in [6.07, 6.45) is 11.7. The molecular weight excluding hydrogens is 368 g/mol. The van der Waals surface area contributed by atoms with Crippen LogP contribution in [0.15, 0.2) is 35.8 Å². The molecule has 0 saturated carbocycles. The van der Waals surface area contributed by atoms with Crippen LogP contribution >= 0.6 is 0 Å². The lowest BCUT2D eigenvalue weighted by molar-refractivity contribution is 0.100. The van der Waals surface area contributed by atoms with E-state index in [9.17, 15) is 4.79 Å². The number of anilines is 1. The van der Waals surface area contributed by atoms with Crippen molar-refractivity contribution in [3.63, 3.8) is 0 Å². The summed E-state index contributed by atoms with van der Waals surface area (Å²) in [7, 11) is 0. The fourth-order valence-electron chi connectivity index (χ4n) is 3.89. The molecule has 9 nitrogen and oxygen atoms in total. The van der Waals surface area contributed by atoms with Gasteiger partial charge in [0, 0.05) is 54.5 Å². The highest BCUT2D eigenvalue weighted by Gasteiger charge is 2.21. The third kappa shape index (κ3) is 3.33. The molecule has 2 N–H and O–H groups in total. The second-order valence-corrected chi connectivity index (χ2v) is 7.38. The first-order chi connectivity index (χ1) is 14.2. The first kappa shape index (κ1) is 17.7. The fourth-order valence-corrected chi connectivity index (χ4v) is 3.89. The number of carbonyl (C=O) groups excluding carboxylic acids is 1. The lowest BCUT2D eigenvalue weighted by atomic mass is 10.1. The Labute approximate surface area is 167 Å². The van der Waals surface area contributed by atoms with E-state index in [1.54, 1.807) is 29.4 Å². The van der Waals surface area contributed by atoms with Gasteiger partial charge in [0.1, 0.15) is 5.69 Å². The summed E-state index contributed by atoms with van der Waals surface area (Å²) in [5.41, 5.74) is 8.95. The van der Waals surface area contributed by atoms with E-state index < -0.39 is 0 Å². The number of nitrogens with zero attached hydrogens (tertiary/aromatic N) is 7. The van der Waals surface area contributed by atoms with Crippen molar-refractivity contribution in [2.45, 2.75) is 25.8 Å².